The number of hydroxylamine groups is 2. The number of fused-ring (bicyclic) bond motifs is 1. The van der Waals surface area contributed by atoms with Crippen molar-refractivity contribution in [2.24, 2.45) is 5.41 Å². The van der Waals surface area contributed by atoms with E-state index in [0.717, 1.165) is 11.4 Å². The first-order chi connectivity index (χ1) is 11.3. The van der Waals surface area contributed by atoms with E-state index in [-0.39, 0.29) is 17.7 Å². The van der Waals surface area contributed by atoms with Crippen molar-refractivity contribution in [1.29, 1.82) is 0 Å². The zero-order valence-electron chi connectivity index (χ0n) is 14.7. The fourth-order valence-corrected chi connectivity index (χ4v) is 3.04. The van der Waals surface area contributed by atoms with Crippen LogP contribution >= 0.6 is 0 Å². The highest BCUT2D eigenvalue weighted by Crippen LogP contribution is 2.37. The van der Waals surface area contributed by atoms with Gasteiger partial charge in [-0.3, -0.25) is 4.79 Å². The Morgan fingerprint density at radius 3 is 2.50 bits per heavy atom. The number of aromatic nitrogens is 2. The Hall–Kier alpha value is -2.02. The number of hydrogen-bond donors (Lipinski definition) is 0. The molecule has 7 heteroatoms. The van der Waals surface area contributed by atoms with E-state index in [0.29, 0.717) is 38.3 Å². The molecule has 0 N–H and O–H groups in total. The molecule has 1 fully saturated rings. The summed E-state index contributed by atoms with van der Waals surface area (Å²) >= 11 is 0. The molecule has 24 heavy (non-hydrogen) atoms. The van der Waals surface area contributed by atoms with Gasteiger partial charge in [-0.25, -0.2) is 14.8 Å². The SMILES string of the molecule is C[C@@H]1CC(=O)c2ncnc(N3CCN(OC(=O)C(C)(C)C)CC3)c21. The third-order valence-corrected chi connectivity index (χ3v) is 4.47. The lowest BCUT2D eigenvalue weighted by Crippen LogP contribution is -2.48. The highest BCUT2D eigenvalue weighted by Gasteiger charge is 2.34. The zero-order valence-corrected chi connectivity index (χ0v) is 14.7. The van der Waals surface area contributed by atoms with Gasteiger partial charge in [-0.15, -0.1) is 5.06 Å². The Bertz CT molecular complexity index is 660. The average Bonchev–Trinajstić information content (AvgIpc) is 2.82. The van der Waals surface area contributed by atoms with E-state index >= 15 is 0 Å². The Labute approximate surface area is 142 Å². The summed E-state index contributed by atoms with van der Waals surface area (Å²) in [6.45, 7) is 10.2. The van der Waals surface area contributed by atoms with Crippen molar-refractivity contribution < 1.29 is 14.4 Å². The Morgan fingerprint density at radius 2 is 1.88 bits per heavy atom. The third-order valence-electron chi connectivity index (χ3n) is 4.47. The van der Waals surface area contributed by atoms with Gasteiger partial charge in [-0.2, -0.15) is 0 Å². The molecule has 0 amide bonds. The molecule has 0 spiro atoms. The number of nitrogens with zero attached hydrogens (tertiary/aromatic N) is 4. The van der Waals surface area contributed by atoms with Gasteiger partial charge in [0.2, 0.25) is 0 Å². The summed E-state index contributed by atoms with van der Waals surface area (Å²) in [7, 11) is 0. The van der Waals surface area contributed by atoms with Crippen molar-refractivity contribution in [2.75, 3.05) is 31.1 Å². The Balaban J connectivity index is 1.68. The molecule has 1 saturated heterocycles. The first kappa shape index (κ1) is 16.8. The molecular formula is C17H24N4O3. The molecule has 1 aromatic rings. The number of piperazine rings is 1. The number of ketones is 1. The molecule has 0 aromatic carbocycles. The molecule has 1 aliphatic carbocycles. The van der Waals surface area contributed by atoms with Gasteiger partial charge in [0.25, 0.3) is 0 Å². The van der Waals surface area contributed by atoms with Gasteiger partial charge in [0.15, 0.2) is 5.78 Å². The summed E-state index contributed by atoms with van der Waals surface area (Å²) in [4.78, 5) is 40.2. The van der Waals surface area contributed by atoms with E-state index < -0.39 is 5.41 Å². The second-order valence-corrected chi connectivity index (χ2v) is 7.53. The van der Waals surface area contributed by atoms with E-state index in [1.807, 2.05) is 27.7 Å². The number of rotatable bonds is 2. The van der Waals surface area contributed by atoms with Gasteiger partial charge in [0, 0.05) is 25.1 Å². The van der Waals surface area contributed by atoms with Crippen LogP contribution in [0.1, 0.15) is 56.1 Å². The fourth-order valence-electron chi connectivity index (χ4n) is 3.04. The van der Waals surface area contributed by atoms with Gasteiger partial charge in [-0.05, 0) is 26.7 Å². The standard InChI is InChI=1S/C17H24N4O3/c1-11-9-12(22)14-13(11)15(19-10-18-14)20-5-7-21(8-6-20)24-16(23)17(2,3)4/h10-11H,5-9H2,1-4H3/t11-/m1/s1. The third kappa shape index (κ3) is 3.13. The lowest BCUT2D eigenvalue weighted by Gasteiger charge is -2.36. The Kier molecular flexibility index (Phi) is 4.29. The van der Waals surface area contributed by atoms with Crippen molar-refractivity contribution in [1.82, 2.24) is 15.0 Å². The van der Waals surface area contributed by atoms with Crippen LogP contribution in [-0.2, 0) is 9.63 Å². The molecule has 7 nitrogen and oxygen atoms in total. The highest BCUT2D eigenvalue weighted by molar-refractivity contribution is 6.00. The zero-order chi connectivity index (χ0) is 17.5. The van der Waals surface area contributed by atoms with E-state index in [1.54, 1.807) is 5.06 Å². The number of anilines is 1. The topological polar surface area (TPSA) is 75.6 Å². The normalized spacial score (nSPS) is 21.8. The largest absolute Gasteiger partial charge is 0.367 e. The second-order valence-electron chi connectivity index (χ2n) is 7.53. The van der Waals surface area contributed by atoms with Crippen molar-refractivity contribution in [3.63, 3.8) is 0 Å². The quantitative estimate of drug-likeness (QED) is 0.817. The monoisotopic (exact) mass is 332 g/mol. The van der Waals surface area contributed by atoms with Crippen LogP contribution in [0.25, 0.3) is 0 Å². The van der Waals surface area contributed by atoms with Gasteiger partial charge < -0.3 is 9.74 Å². The molecule has 1 aliphatic heterocycles. The van der Waals surface area contributed by atoms with E-state index in [1.165, 1.54) is 6.33 Å². The van der Waals surface area contributed by atoms with E-state index in [4.69, 9.17) is 4.84 Å². The molecule has 0 saturated carbocycles. The summed E-state index contributed by atoms with van der Waals surface area (Å²) in [5.74, 6) is 0.873. The van der Waals surface area contributed by atoms with Crippen molar-refractivity contribution in [3.8, 4) is 0 Å². The lowest BCUT2D eigenvalue weighted by atomic mass is 9.98. The van der Waals surface area contributed by atoms with Crippen molar-refractivity contribution in [2.45, 2.75) is 40.0 Å². The first-order valence-electron chi connectivity index (χ1n) is 8.37. The van der Waals surface area contributed by atoms with Gasteiger partial charge in [-0.1, -0.05) is 6.92 Å². The summed E-state index contributed by atoms with van der Waals surface area (Å²) in [6, 6.07) is 0. The van der Waals surface area contributed by atoms with Gasteiger partial charge in [0.1, 0.15) is 17.8 Å². The maximum absolute atomic E-state index is 12.0. The maximum Gasteiger partial charge on any atom is 0.330 e. The summed E-state index contributed by atoms with van der Waals surface area (Å²) < 4.78 is 0. The predicted octanol–water partition coefficient (Wildman–Crippen LogP) is 1.79. The molecule has 1 aromatic heterocycles. The maximum atomic E-state index is 12.0. The molecule has 0 unspecified atom stereocenters. The molecule has 1 atom stereocenters. The summed E-state index contributed by atoms with van der Waals surface area (Å²) in [5, 5.41) is 1.71. The number of Topliss-reactive ketones (excluding diaryl/α,β-unsaturated/α-hetero) is 1. The molecule has 3 rings (SSSR count). The van der Waals surface area contributed by atoms with Crippen LogP contribution in [0.5, 0.6) is 0 Å². The van der Waals surface area contributed by atoms with Gasteiger partial charge >= 0.3 is 5.97 Å². The Morgan fingerprint density at radius 1 is 1.21 bits per heavy atom. The molecule has 2 aliphatic rings. The predicted molar refractivity (Wildman–Crippen MR) is 88.7 cm³/mol. The highest BCUT2D eigenvalue weighted by atomic mass is 16.7. The van der Waals surface area contributed by atoms with Crippen LogP contribution in [0.15, 0.2) is 6.33 Å². The van der Waals surface area contributed by atoms with Crippen LogP contribution < -0.4 is 4.90 Å². The molecule has 2 heterocycles. The minimum Gasteiger partial charge on any atom is -0.367 e. The van der Waals surface area contributed by atoms with Crippen LogP contribution in [0.2, 0.25) is 0 Å². The van der Waals surface area contributed by atoms with Crippen molar-refractivity contribution in [3.05, 3.63) is 17.6 Å². The number of carbonyl (C=O) groups excluding carboxylic acids is 2. The molecule has 0 bridgehead atoms. The summed E-state index contributed by atoms with van der Waals surface area (Å²) in [5.41, 5.74) is 1.01. The first-order valence-corrected chi connectivity index (χ1v) is 8.37. The molecule has 0 radical (unpaired) electrons. The second kappa shape index (κ2) is 6.12. The van der Waals surface area contributed by atoms with Crippen LogP contribution in [0.4, 0.5) is 5.82 Å². The van der Waals surface area contributed by atoms with Crippen LogP contribution in [-0.4, -0.2) is 53.0 Å². The molecule has 130 valence electrons. The lowest BCUT2D eigenvalue weighted by molar-refractivity contribution is -0.201. The van der Waals surface area contributed by atoms with Crippen LogP contribution in [0.3, 0.4) is 0 Å². The van der Waals surface area contributed by atoms with Gasteiger partial charge in [0.05, 0.1) is 18.5 Å². The van der Waals surface area contributed by atoms with Crippen LogP contribution in [0, 0.1) is 5.41 Å². The minimum absolute atomic E-state index is 0.0962. The van der Waals surface area contributed by atoms with Crippen molar-refractivity contribution >= 4 is 17.6 Å². The smallest absolute Gasteiger partial charge is 0.330 e. The molecular weight excluding hydrogens is 308 g/mol. The van der Waals surface area contributed by atoms with E-state index in [9.17, 15) is 9.59 Å². The number of carbonyl (C=O) groups is 2. The average molecular weight is 332 g/mol. The minimum atomic E-state index is -0.513. The van der Waals surface area contributed by atoms with E-state index in [2.05, 4.69) is 14.9 Å². The summed E-state index contributed by atoms with van der Waals surface area (Å²) in [6.07, 6.45) is 1.97. The number of hydrogen-bond acceptors (Lipinski definition) is 7. The fraction of sp³-hybridized carbons (Fsp3) is 0.647.